The minimum Gasteiger partial charge on any atom is -0.462 e. The van der Waals surface area contributed by atoms with Gasteiger partial charge in [0.2, 0.25) is 0 Å². The van der Waals surface area contributed by atoms with Gasteiger partial charge in [-0.1, -0.05) is 39.5 Å². The van der Waals surface area contributed by atoms with Crippen LogP contribution in [0.1, 0.15) is 117 Å². The summed E-state index contributed by atoms with van der Waals surface area (Å²) in [6, 6.07) is 0. The second-order valence-electron chi connectivity index (χ2n) is 13.0. The van der Waals surface area contributed by atoms with E-state index in [1.165, 1.54) is 64.2 Å². The Labute approximate surface area is 195 Å². The Hall–Kier alpha value is -0.860. The molecule has 0 aliphatic heterocycles. The SMILES string of the molecule is CC(=O)[C@H]1CCC2C3CC[C@H]4CC(OC(=O)CCC5CCCC5)CC[C@]4(C)C3CC[C@@]21C. The summed E-state index contributed by atoms with van der Waals surface area (Å²) >= 11 is 0. The summed E-state index contributed by atoms with van der Waals surface area (Å²) in [7, 11) is 0. The normalized spacial score (nSPS) is 46.2. The van der Waals surface area contributed by atoms with Crippen molar-refractivity contribution in [1.29, 1.82) is 0 Å². The number of carbonyl (C=O) groups is 2. The van der Waals surface area contributed by atoms with Crippen LogP contribution in [0.25, 0.3) is 0 Å². The molecular formula is C29H46O3. The van der Waals surface area contributed by atoms with Gasteiger partial charge in [-0.05, 0) is 112 Å². The first-order valence-electron chi connectivity index (χ1n) is 14.0. The van der Waals surface area contributed by atoms with Crippen molar-refractivity contribution in [3.05, 3.63) is 0 Å². The van der Waals surface area contributed by atoms with Gasteiger partial charge in [0, 0.05) is 12.3 Å². The van der Waals surface area contributed by atoms with E-state index in [4.69, 9.17) is 4.74 Å². The lowest BCUT2D eigenvalue weighted by Gasteiger charge is -2.61. The van der Waals surface area contributed by atoms with Crippen LogP contribution in [0.2, 0.25) is 0 Å². The van der Waals surface area contributed by atoms with E-state index in [0.29, 0.717) is 29.5 Å². The van der Waals surface area contributed by atoms with Gasteiger partial charge in [-0.25, -0.2) is 0 Å². The maximum Gasteiger partial charge on any atom is 0.306 e. The minimum atomic E-state index is 0.0638. The third-order valence-electron chi connectivity index (χ3n) is 11.6. The summed E-state index contributed by atoms with van der Waals surface area (Å²) in [5.41, 5.74) is 0.660. The molecule has 0 bridgehead atoms. The summed E-state index contributed by atoms with van der Waals surface area (Å²) in [4.78, 5) is 24.9. The fourth-order valence-corrected chi connectivity index (χ4v) is 9.86. The molecule has 0 aromatic carbocycles. The van der Waals surface area contributed by atoms with Crippen molar-refractivity contribution in [1.82, 2.24) is 0 Å². The highest BCUT2D eigenvalue weighted by molar-refractivity contribution is 5.79. The van der Waals surface area contributed by atoms with Crippen LogP contribution >= 0.6 is 0 Å². The zero-order valence-electron chi connectivity index (χ0n) is 20.9. The van der Waals surface area contributed by atoms with Crippen molar-refractivity contribution in [2.75, 3.05) is 0 Å². The number of hydrogen-bond donors (Lipinski definition) is 0. The first-order valence-corrected chi connectivity index (χ1v) is 14.0. The Balaban J connectivity index is 1.19. The number of rotatable bonds is 5. The maximum atomic E-state index is 12.5. The zero-order chi connectivity index (χ0) is 22.5. The fourth-order valence-electron chi connectivity index (χ4n) is 9.86. The molecule has 5 fully saturated rings. The highest BCUT2D eigenvalue weighted by atomic mass is 16.5. The summed E-state index contributed by atoms with van der Waals surface area (Å²) in [6.07, 6.45) is 18.1. The van der Waals surface area contributed by atoms with E-state index in [0.717, 1.165) is 49.4 Å². The van der Waals surface area contributed by atoms with E-state index in [-0.39, 0.29) is 17.5 Å². The van der Waals surface area contributed by atoms with Crippen molar-refractivity contribution in [3.8, 4) is 0 Å². The van der Waals surface area contributed by atoms with E-state index in [2.05, 4.69) is 13.8 Å². The molecule has 180 valence electrons. The van der Waals surface area contributed by atoms with E-state index in [1.807, 2.05) is 6.92 Å². The Morgan fingerprint density at radius 3 is 2.31 bits per heavy atom. The van der Waals surface area contributed by atoms with Gasteiger partial charge in [-0.2, -0.15) is 0 Å². The summed E-state index contributed by atoms with van der Waals surface area (Å²) in [6.45, 7) is 6.86. The van der Waals surface area contributed by atoms with Gasteiger partial charge in [0.25, 0.3) is 0 Å². The number of fused-ring (bicyclic) bond motifs is 5. The molecule has 4 unspecified atom stereocenters. The summed E-state index contributed by atoms with van der Waals surface area (Å²) in [5.74, 6) is 4.64. The number of esters is 1. The van der Waals surface area contributed by atoms with Gasteiger partial charge >= 0.3 is 5.97 Å². The van der Waals surface area contributed by atoms with Crippen molar-refractivity contribution in [3.63, 3.8) is 0 Å². The average Bonchev–Trinajstić information content (AvgIpc) is 3.39. The average molecular weight is 443 g/mol. The van der Waals surface area contributed by atoms with E-state index >= 15 is 0 Å². The van der Waals surface area contributed by atoms with Crippen molar-refractivity contribution >= 4 is 11.8 Å². The highest BCUT2D eigenvalue weighted by Gasteiger charge is 2.60. The van der Waals surface area contributed by atoms with Crippen LogP contribution in [0.3, 0.4) is 0 Å². The number of hydrogen-bond acceptors (Lipinski definition) is 3. The van der Waals surface area contributed by atoms with Gasteiger partial charge < -0.3 is 4.74 Å². The molecule has 32 heavy (non-hydrogen) atoms. The molecule has 0 spiro atoms. The molecule has 0 radical (unpaired) electrons. The van der Waals surface area contributed by atoms with E-state index in [9.17, 15) is 9.59 Å². The molecular weight excluding hydrogens is 396 g/mol. The standard InChI is InChI=1S/C29H46O3/c1-19(30)24-11-12-25-23-10-9-21-18-22(32-27(31)13-8-20-6-4-5-7-20)14-16-28(21,2)26(23)15-17-29(24,25)3/h20-26H,4-18H2,1-3H3/t21-,22?,23?,24+,25?,26?,28-,29+/m0/s1. The van der Waals surface area contributed by atoms with Gasteiger partial charge in [0.05, 0.1) is 0 Å². The predicted molar refractivity (Wildman–Crippen MR) is 127 cm³/mol. The molecule has 5 aliphatic rings. The number of ether oxygens (including phenoxy) is 1. The lowest BCUT2D eigenvalue weighted by Crippen LogP contribution is -2.54. The van der Waals surface area contributed by atoms with Crippen LogP contribution in [0.5, 0.6) is 0 Å². The summed E-state index contributed by atoms with van der Waals surface area (Å²) in [5, 5.41) is 0. The Kier molecular flexibility index (Phi) is 6.25. The first-order chi connectivity index (χ1) is 15.3. The molecule has 5 saturated carbocycles. The lowest BCUT2D eigenvalue weighted by atomic mass is 9.44. The van der Waals surface area contributed by atoms with E-state index < -0.39 is 0 Å². The van der Waals surface area contributed by atoms with Crippen LogP contribution in [-0.4, -0.2) is 17.9 Å². The molecule has 5 aliphatic carbocycles. The molecule has 0 saturated heterocycles. The van der Waals surface area contributed by atoms with Gasteiger partial charge in [0.15, 0.2) is 0 Å². The monoisotopic (exact) mass is 442 g/mol. The quantitative estimate of drug-likeness (QED) is 0.426. The van der Waals surface area contributed by atoms with Gasteiger partial charge in [0.1, 0.15) is 11.9 Å². The highest BCUT2D eigenvalue weighted by Crippen LogP contribution is 2.67. The lowest BCUT2D eigenvalue weighted by molar-refractivity contribution is -0.163. The van der Waals surface area contributed by atoms with E-state index in [1.54, 1.807) is 0 Å². The third kappa shape index (κ3) is 3.88. The van der Waals surface area contributed by atoms with Crippen LogP contribution in [-0.2, 0) is 14.3 Å². The van der Waals surface area contributed by atoms with Crippen molar-refractivity contribution in [2.45, 2.75) is 123 Å². The maximum absolute atomic E-state index is 12.5. The Morgan fingerprint density at radius 1 is 0.844 bits per heavy atom. The fraction of sp³-hybridized carbons (Fsp3) is 0.931. The topological polar surface area (TPSA) is 43.4 Å². The summed E-state index contributed by atoms with van der Waals surface area (Å²) < 4.78 is 6.03. The molecule has 0 aromatic heterocycles. The van der Waals surface area contributed by atoms with Crippen molar-refractivity contribution < 1.29 is 14.3 Å². The number of ketones is 1. The second kappa shape index (κ2) is 8.73. The van der Waals surface area contributed by atoms with Crippen molar-refractivity contribution in [2.24, 2.45) is 46.3 Å². The van der Waals surface area contributed by atoms with Crippen LogP contribution in [0.15, 0.2) is 0 Å². The Morgan fingerprint density at radius 2 is 1.56 bits per heavy atom. The molecule has 0 amide bonds. The van der Waals surface area contributed by atoms with Crippen LogP contribution in [0, 0.1) is 46.3 Å². The smallest absolute Gasteiger partial charge is 0.306 e. The molecule has 0 heterocycles. The third-order valence-corrected chi connectivity index (χ3v) is 11.6. The predicted octanol–water partition coefficient (Wildman–Crippen LogP) is 7.12. The first kappa shape index (κ1) is 22.9. The number of carbonyl (C=O) groups excluding carboxylic acids is 2. The second-order valence-corrected chi connectivity index (χ2v) is 13.0. The Bertz CT molecular complexity index is 724. The molecule has 0 aromatic rings. The zero-order valence-corrected chi connectivity index (χ0v) is 20.9. The minimum absolute atomic E-state index is 0.0638. The number of Topliss-reactive ketones (excluding diaryl/α,β-unsaturated/α-hetero) is 1. The van der Waals surface area contributed by atoms with Gasteiger partial charge in [-0.3, -0.25) is 9.59 Å². The largest absolute Gasteiger partial charge is 0.462 e. The molecule has 5 rings (SSSR count). The molecule has 3 nitrogen and oxygen atoms in total. The van der Waals surface area contributed by atoms with Gasteiger partial charge in [-0.15, -0.1) is 0 Å². The molecule has 0 N–H and O–H groups in total. The van der Waals surface area contributed by atoms with Crippen LogP contribution < -0.4 is 0 Å². The molecule has 8 atom stereocenters. The van der Waals surface area contributed by atoms with Crippen LogP contribution in [0.4, 0.5) is 0 Å². The molecule has 3 heteroatoms.